The van der Waals surface area contributed by atoms with Crippen molar-refractivity contribution in [2.24, 2.45) is 7.05 Å². The van der Waals surface area contributed by atoms with E-state index in [9.17, 15) is 4.79 Å². The maximum atomic E-state index is 11.9. The molecule has 0 saturated carbocycles. The van der Waals surface area contributed by atoms with E-state index < -0.39 is 0 Å². The summed E-state index contributed by atoms with van der Waals surface area (Å²) < 4.78 is 1.61. The summed E-state index contributed by atoms with van der Waals surface area (Å²) in [6, 6.07) is 2.96. The summed E-state index contributed by atoms with van der Waals surface area (Å²) in [5, 5.41) is 2.67. The molecular weight excluding hydrogens is 277 g/mol. The fourth-order valence-corrected chi connectivity index (χ4v) is 1.86. The number of nitrogens with one attached hydrogen (secondary N) is 1. The van der Waals surface area contributed by atoms with Gasteiger partial charge in [-0.25, -0.2) is 9.97 Å². The van der Waals surface area contributed by atoms with Crippen molar-refractivity contribution in [3.05, 3.63) is 34.5 Å². The van der Waals surface area contributed by atoms with Crippen LogP contribution in [0.1, 0.15) is 10.5 Å². The summed E-state index contributed by atoms with van der Waals surface area (Å²) in [7, 11) is 1.71. The number of rotatable bonds is 2. The summed E-state index contributed by atoms with van der Waals surface area (Å²) in [6.07, 6.45) is 1.63. The zero-order valence-electron chi connectivity index (χ0n) is 9.32. The summed E-state index contributed by atoms with van der Waals surface area (Å²) in [5.41, 5.74) is 6.49. The topological polar surface area (TPSA) is 85.8 Å². The van der Waals surface area contributed by atoms with Crippen LogP contribution in [0, 0.1) is 0 Å². The Morgan fingerprint density at radius 2 is 2.11 bits per heavy atom. The van der Waals surface area contributed by atoms with Crippen LogP contribution < -0.4 is 11.1 Å². The molecule has 2 aromatic rings. The zero-order chi connectivity index (χ0) is 13.3. The summed E-state index contributed by atoms with van der Waals surface area (Å²) >= 11 is 11.3. The van der Waals surface area contributed by atoms with Crippen molar-refractivity contribution in [3.63, 3.8) is 0 Å². The van der Waals surface area contributed by atoms with Gasteiger partial charge in [-0.2, -0.15) is 0 Å². The Hall–Kier alpha value is -1.79. The lowest BCUT2D eigenvalue weighted by atomic mass is 10.4. The first-order valence-corrected chi connectivity index (χ1v) is 5.64. The Bertz CT molecular complexity index is 590. The highest BCUT2D eigenvalue weighted by Crippen LogP contribution is 2.16. The number of amides is 1. The first-order chi connectivity index (χ1) is 8.45. The van der Waals surface area contributed by atoms with Gasteiger partial charge in [0.25, 0.3) is 5.91 Å². The van der Waals surface area contributed by atoms with Crippen LogP contribution in [0.2, 0.25) is 10.4 Å². The average Bonchev–Trinajstić information content (AvgIpc) is 2.56. The van der Waals surface area contributed by atoms with E-state index in [0.29, 0.717) is 11.4 Å². The molecule has 2 aromatic heterocycles. The molecule has 0 spiro atoms. The second-order valence-electron chi connectivity index (χ2n) is 3.57. The van der Waals surface area contributed by atoms with Crippen LogP contribution >= 0.6 is 23.2 Å². The number of carbonyl (C=O) groups is 1. The van der Waals surface area contributed by atoms with Gasteiger partial charge in [0.15, 0.2) is 0 Å². The molecule has 6 nitrogen and oxygen atoms in total. The van der Waals surface area contributed by atoms with E-state index in [1.165, 1.54) is 6.07 Å². The smallest absolute Gasteiger partial charge is 0.273 e. The fourth-order valence-electron chi connectivity index (χ4n) is 1.45. The molecule has 94 valence electrons. The van der Waals surface area contributed by atoms with Crippen molar-refractivity contribution in [1.82, 2.24) is 14.5 Å². The maximum absolute atomic E-state index is 11.9. The number of anilines is 2. The molecule has 0 aliphatic carbocycles. The maximum Gasteiger partial charge on any atom is 0.273 e. The van der Waals surface area contributed by atoms with Crippen molar-refractivity contribution >= 4 is 40.6 Å². The van der Waals surface area contributed by atoms with Crippen LogP contribution in [0.15, 0.2) is 18.3 Å². The quantitative estimate of drug-likeness (QED) is 0.652. The van der Waals surface area contributed by atoms with E-state index >= 15 is 0 Å². The minimum absolute atomic E-state index is 0.0378. The largest absolute Gasteiger partial charge is 0.397 e. The van der Waals surface area contributed by atoms with Gasteiger partial charge >= 0.3 is 0 Å². The number of nitrogen functional groups attached to an aromatic ring is 1. The van der Waals surface area contributed by atoms with Crippen molar-refractivity contribution in [3.8, 4) is 0 Å². The van der Waals surface area contributed by atoms with E-state index in [1.54, 1.807) is 23.9 Å². The van der Waals surface area contributed by atoms with Crippen LogP contribution in [-0.2, 0) is 7.05 Å². The summed E-state index contributed by atoms with van der Waals surface area (Å²) in [4.78, 5) is 19.4. The van der Waals surface area contributed by atoms with Crippen molar-refractivity contribution < 1.29 is 4.79 Å². The fraction of sp³-hybridized carbons (Fsp3) is 0.100. The standard InChI is InChI=1S/C10H9Cl2N5O/c1-17-4-5(13)2-6(17)9(18)15-8-3-7(11)14-10(12)16-8/h2-4H,13H2,1H3,(H,14,15,16,18). The lowest BCUT2D eigenvalue weighted by molar-refractivity contribution is 0.101. The molecule has 0 aliphatic rings. The van der Waals surface area contributed by atoms with Crippen LogP contribution in [0.3, 0.4) is 0 Å². The highest BCUT2D eigenvalue weighted by molar-refractivity contribution is 6.32. The lowest BCUT2D eigenvalue weighted by Crippen LogP contribution is -2.16. The number of hydrogen-bond acceptors (Lipinski definition) is 4. The second kappa shape index (κ2) is 4.83. The molecule has 8 heteroatoms. The second-order valence-corrected chi connectivity index (χ2v) is 4.29. The van der Waals surface area contributed by atoms with Gasteiger partial charge in [-0.05, 0) is 17.7 Å². The number of halogens is 2. The van der Waals surface area contributed by atoms with Gasteiger partial charge in [0.2, 0.25) is 5.28 Å². The van der Waals surface area contributed by atoms with E-state index in [1.807, 2.05) is 0 Å². The first-order valence-electron chi connectivity index (χ1n) is 4.89. The number of aryl methyl sites for hydroxylation is 1. The van der Waals surface area contributed by atoms with E-state index in [2.05, 4.69) is 15.3 Å². The van der Waals surface area contributed by atoms with E-state index in [0.717, 1.165) is 0 Å². The molecule has 0 bridgehead atoms. The molecule has 0 aliphatic heterocycles. The molecule has 0 atom stereocenters. The van der Waals surface area contributed by atoms with Crippen LogP contribution in [0.5, 0.6) is 0 Å². The molecular formula is C10H9Cl2N5O. The molecule has 3 N–H and O–H groups in total. The first kappa shape index (κ1) is 12.7. The SMILES string of the molecule is Cn1cc(N)cc1C(=O)Nc1cc(Cl)nc(Cl)n1. The van der Waals surface area contributed by atoms with Crippen LogP contribution in [0.25, 0.3) is 0 Å². The van der Waals surface area contributed by atoms with E-state index in [4.69, 9.17) is 28.9 Å². The van der Waals surface area contributed by atoms with Gasteiger partial charge < -0.3 is 15.6 Å². The molecule has 2 heterocycles. The van der Waals surface area contributed by atoms with Crippen molar-refractivity contribution in [1.29, 1.82) is 0 Å². The monoisotopic (exact) mass is 285 g/mol. The minimum Gasteiger partial charge on any atom is -0.397 e. The Morgan fingerprint density at radius 1 is 1.39 bits per heavy atom. The average molecular weight is 286 g/mol. The van der Waals surface area contributed by atoms with Crippen molar-refractivity contribution in [2.75, 3.05) is 11.1 Å². The molecule has 0 aromatic carbocycles. The highest BCUT2D eigenvalue weighted by atomic mass is 35.5. The molecule has 2 rings (SSSR count). The Balaban J connectivity index is 2.23. The predicted octanol–water partition coefficient (Wildman–Crippen LogP) is 1.96. The van der Waals surface area contributed by atoms with Gasteiger partial charge in [0.05, 0.1) is 5.69 Å². The van der Waals surface area contributed by atoms with Gasteiger partial charge in [-0.15, -0.1) is 0 Å². The third kappa shape index (κ3) is 2.72. The Labute approximate surface area is 113 Å². The third-order valence-corrected chi connectivity index (χ3v) is 2.53. The summed E-state index contributed by atoms with van der Waals surface area (Å²) in [6.45, 7) is 0. The molecule has 18 heavy (non-hydrogen) atoms. The molecule has 0 saturated heterocycles. The zero-order valence-corrected chi connectivity index (χ0v) is 10.8. The number of nitrogens with two attached hydrogens (primary N) is 1. The molecule has 0 unspecified atom stereocenters. The molecule has 0 radical (unpaired) electrons. The van der Waals surface area contributed by atoms with Crippen LogP contribution in [0.4, 0.5) is 11.5 Å². The normalized spacial score (nSPS) is 10.4. The predicted molar refractivity (Wildman–Crippen MR) is 69.8 cm³/mol. The van der Waals surface area contributed by atoms with Gasteiger partial charge in [-0.1, -0.05) is 11.6 Å². The minimum atomic E-state index is -0.361. The van der Waals surface area contributed by atoms with Gasteiger partial charge in [0, 0.05) is 19.3 Å². The lowest BCUT2D eigenvalue weighted by Gasteiger charge is -2.05. The van der Waals surface area contributed by atoms with Gasteiger partial charge in [-0.3, -0.25) is 4.79 Å². The van der Waals surface area contributed by atoms with Crippen LogP contribution in [-0.4, -0.2) is 20.4 Å². The van der Waals surface area contributed by atoms with Crippen molar-refractivity contribution in [2.45, 2.75) is 0 Å². The highest BCUT2D eigenvalue weighted by Gasteiger charge is 2.12. The Morgan fingerprint density at radius 3 is 2.67 bits per heavy atom. The molecule has 0 fully saturated rings. The molecule has 1 amide bonds. The third-order valence-electron chi connectivity index (χ3n) is 2.17. The van der Waals surface area contributed by atoms with E-state index in [-0.39, 0.29) is 22.2 Å². The Kier molecular flexibility index (Phi) is 3.40. The number of carbonyl (C=O) groups excluding carboxylic acids is 1. The number of aromatic nitrogens is 3. The number of hydrogen-bond donors (Lipinski definition) is 2. The number of nitrogens with zero attached hydrogens (tertiary/aromatic N) is 3. The summed E-state index contributed by atoms with van der Waals surface area (Å²) in [5.74, 6) is -0.134. The van der Waals surface area contributed by atoms with Gasteiger partial charge in [0.1, 0.15) is 16.7 Å².